The lowest BCUT2D eigenvalue weighted by Crippen LogP contribution is -2.20. The lowest BCUT2D eigenvalue weighted by Gasteiger charge is -2.13. The first-order valence-electron chi connectivity index (χ1n) is 5.88. The first kappa shape index (κ1) is 15.3. The Hall–Kier alpha value is -1.71. The number of methoxy groups -OCH3 is 1. The van der Waals surface area contributed by atoms with Crippen LogP contribution in [-0.2, 0) is 9.47 Å². The molecule has 0 aliphatic carbocycles. The van der Waals surface area contributed by atoms with Gasteiger partial charge in [-0.15, -0.1) is 0 Å². The molecular weight excluding hydrogens is 250 g/mol. The van der Waals surface area contributed by atoms with Gasteiger partial charge < -0.3 is 19.7 Å². The lowest BCUT2D eigenvalue weighted by molar-refractivity contribution is 0.0759. The molecule has 1 aromatic heterocycles. The van der Waals surface area contributed by atoms with Crippen molar-refractivity contribution < 1.29 is 9.47 Å². The van der Waals surface area contributed by atoms with Crippen molar-refractivity contribution in [1.82, 2.24) is 15.0 Å². The molecule has 0 aromatic carbocycles. The van der Waals surface area contributed by atoms with Crippen molar-refractivity contribution >= 4 is 17.8 Å². The van der Waals surface area contributed by atoms with E-state index in [1.165, 1.54) is 0 Å². The lowest BCUT2D eigenvalue weighted by atomic mass is 10.6. The number of hydrazine groups is 1. The second-order valence-electron chi connectivity index (χ2n) is 3.85. The summed E-state index contributed by atoms with van der Waals surface area (Å²) in [6, 6.07) is 0. The molecule has 0 unspecified atom stereocenters. The molecule has 0 spiro atoms. The van der Waals surface area contributed by atoms with Gasteiger partial charge in [0.25, 0.3) is 0 Å². The minimum Gasteiger partial charge on any atom is -0.382 e. The van der Waals surface area contributed by atoms with E-state index in [0.29, 0.717) is 44.2 Å². The molecule has 1 aromatic rings. The van der Waals surface area contributed by atoms with Gasteiger partial charge in [-0.3, -0.25) is 5.43 Å². The Morgan fingerprint density at radius 3 is 2.47 bits per heavy atom. The van der Waals surface area contributed by atoms with E-state index in [1.807, 2.05) is 14.1 Å². The SMILES string of the molecule is COCCOCCNc1nc(NN)nc(N(C)C)n1. The van der Waals surface area contributed by atoms with Crippen molar-refractivity contribution in [3.63, 3.8) is 0 Å². The zero-order valence-electron chi connectivity index (χ0n) is 11.5. The Morgan fingerprint density at radius 1 is 1.11 bits per heavy atom. The van der Waals surface area contributed by atoms with Gasteiger partial charge in [0.15, 0.2) is 0 Å². The standard InChI is InChI=1S/C10H21N7O2/c1-17(2)10-14-8(13-9(15-10)16-11)12-4-5-19-7-6-18-3/h4-7,11H2,1-3H3,(H2,12,13,14,15,16). The van der Waals surface area contributed by atoms with Crippen molar-refractivity contribution in [3.05, 3.63) is 0 Å². The van der Waals surface area contributed by atoms with Crippen LogP contribution in [0.15, 0.2) is 0 Å². The molecule has 108 valence electrons. The molecule has 0 bridgehead atoms. The Kier molecular flexibility index (Phi) is 6.79. The Bertz CT molecular complexity index is 375. The molecule has 1 heterocycles. The van der Waals surface area contributed by atoms with Crippen LogP contribution in [0.4, 0.5) is 17.8 Å². The maximum Gasteiger partial charge on any atom is 0.243 e. The van der Waals surface area contributed by atoms with Crippen molar-refractivity contribution in [3.8, 4) is 0 Å². The number of rotatable bonds is 9. The monoisotopic (exact) mass is 271 g/mol. The summed E-state index contributed by atoms with van der Waals surface area (Å²) in [6.07, 6.45) is 0. The number of aromatic nitrogens is 3. The van der Waals surface area contributed by atoms with Crippen LogP contribution in [0.2, 0.25) is 0 Å². The maximum atomic E-state index is 5.32. The molecule has 0 radical (unpaired) electrons. The summed E-state index contributed by atoms with van der Waals surface area (Å²) in [5, 5.41) is 3.04. The molecule has 0 fully saturated rings. The average Bonchev–Trinajstić information content (AvgIpc) is 2.42. The van der Waals surface area contributed by atoms with Crippen LogP contribution in [0.25, 0.3) is 0 Å². The van der Waals surface area contributed by atoms with Gasteiger partial charge in [-0.1, -0.05) is 0 Å². The third kappa shape index (κ3) is 5.64. The van der Waals surface area contributed by atoms with Crippen LogP contribution >= 0.6 is 0 Å². The molecule has 0 saturated carbocycles. The van der Waals surface area contributed by atoms with E-state index in [-0.39, 0.29) is 0 Å². The van der Waals surface area contributed by atoms with Gasteiger partial charge in [0.05, 0.1) is 19.8 Å². The van der Waals surface area contributed by atoms with Gasteiger partial charge in [-0.2, -0.15) is 15.0 Å². The number of nitrogen functional groups attached to an aromatic ring is 1. The van der Waals surface area contributed by atoms with Crippen LogP contribution in [-0.4, -0.2) is 62.5 Å². The molecule has 0 aliphatic rings. The fraction of sp³-hybridized carbons (Fsp3) is 0.700. The van der Waals surface area contributed by atoms with Gasteiger partial charge in [0.2, 0.25) is 17.8 Å². The van der Waals surface area contributed by atoms with Crippen LogP contribution in [0.5, 0.6) is 0 Å². The first-order chi connectivity index (χ1) is 9.17. The van der Waals surface area contributed by atoms with Crippen molar-refractivity contribution in [2.24, 2.45) is 5.84 Å². The maximum absolute atomic E-state index is 5.32. The van der Waals surface area contributed by atoms with E-state index in [9.17, 15) is 0 Å². The van der Waals surface area contributed by atoms with Crippen molar-refractivity contribution in [1.29, 1.82) is 0 Å². The van der Waals surface area contributed by atoms with Gasteiger partial charge in [0.1, 0.15) is 0 Å². The third-order valence-electron chi connectivity index (χ3n) is 2.11. The summed E-state index contributed by atoms with van der Waals surface area (Å²) in [6.45, 7) is 2.27. The highest BCUT2D eigenvalue weighted by atomic mass is 16.5. The van der Waals surface area contributed by atoms with E-state index >= 15 is 0 Å². The zero-order valence-corrected chi connectivity index (χ0v) is 11.5. The number of nitrogens with two attached hydrogens (primary N) is 1. The van der Waals surface area contributed by atoms with E-state index < -0.39 is 0 Å². The van der Waals surface area contributed by atoms with Gasteiger partial charge in [-0.05, 0) is 0 Å². The zero-order chi connectivity index (χ0) is 14.1. The van der Waals surface area contributed by atoms with Crippen LogP contribution in [0.1, 0.15) is 0 Å². The molecule has 0 atom stereocenters. The first-order valence-corrected chi connectivity index (χ1v) is 5.88. The number of hydrogen-bond acceptors (Lipinski definition) is 9. The van der Waals surface area contributed by atoms with E-state index in [0.717, 1.165) is 0 Å². The smallest absolute Gasteiger partial charge is 0.243 e. The van der Waals surface area contributed by atoms with Gasteiger partial charge in [0, 0.05) is 27.7 Å². The fourth-order valence-corrected chi connectivity index (χ4v) is 1.19. The largest absolute Gasteiger partial charge is 0.382 e. The Labute approximate surface area is 112 Å². The topological polar surface area (TPSA) is 110 Å². The quantitative estimate of drug-likeness (QED) is 0.305. The van der Waals surface area contributed by atoms with Crippen LogP contribution in [0.3, 0.4) is 0 Å². The van der Waals surface area contributed by atoms with E-state index in [1.54, 1.807) is 12.0 Å². The Balaban J connectivity index is 2.46. The normalized spacial score (nSPS) is 10.3. The molecule has 19 heavy (non-hydrogen) atoms. The average molecular weight is 271 g/mol. The van der Waals surface area contributed by atoms with Gasteiger partial charge in [-0.25, -0.2) is 5.84 Å². The fourth-order valence-electron chi connectivity index (χ4n) is 1.19. The second kappa shape index (κ2) is 8.40. The highest BCUT2D eigenvalue weighted by molar-refractivity contribution is 5.42. The molecule has 4 N–H and O–H groups in total. The predicted octanol–water partition coefficient (Wildman–Crippen LogP) is -0.702. The molecular formula is C10H21N7O2. The number of nitrogens with one attached hydrogen (secondary N) is 2. The molecule has 9 heteroatoms. The number of ether oxygens (including phenoxy) is 2. The summed E-state index contributed by atoms with van der Waals surface area (Å²) in [5.74, 6) is 6.58. The van der Waals surface area contributed by atoms with Crippen molar-refractivity contribution in [2.75, 3.05) is 63.2 Å². The number of hydrogen-bond donors (Lipinski definition) is 3. The molecule has 0 amide bonds. The minimum atomic E-state index is 0.307. The third-order valence-corrected chi connectivity index (χ3v) is 2.11. The van der Waals surface area contributed by atoms with Crippen LogP contribution < -0.4 is 21.5 Å². The minimum absolute atomic E-state index is 0.307. The highest BCUT2D eigenvalue weighted by Crippen LogP contribution is 2.09. The van der Waals surface area contributed by atoms with Gasteiger partial charge >= 0.3 is 0 Å². The molecule has 9 nitrogen and oxygen atoms in total. The number of anilines is 3. The predicted molar refractivity (Wildman–Crippen MR) is 73.1 cm³/mol. The highest BCUT2D eigenvalue weighted by Gasteiger charge is 2.06. The Morgan fingerprint density at radius 2 is 1.84 bits per heavy atom. The molecule has 0 aliphatic heterocycles. The van der Waals surface area contributed by atoms with E-state index in [2.05, 4.69) is 25.7 Å². The van der Waals surface area contributed by atoms with Crippen LogP contribution in [0, 0.1) is 0 Å². The van der Waals surface area contributed by atoms with E-state index in [4.69, 9.17) is 15.3 Å². The summed E-state index contributed by atoms with van der Waals surface area (Å²) >= 11 is 0. The van der Waals surface area contributed by atoms with Crippen molar-refractivity contribution in [2.45, 2.75) is 0 Å². The molecule has 1 rings (SSSR count). The summed E-state index contributed by atoms with van der Waals surface area (Å²) < 4.78 is 10.2. The summed E-state index contributed by atoms with van der Waals surface area (Å²) in [4.78, 5) is 14.2. The number of nitrogens with zero attached hydrogens (tertiary/aromatic N) is 4. The summed E-state index contributed by atoms with van der Waals surface area (Å²) in [7, 11) is 5.32. The second-order valence-corrected chi connectivity index (χ2v) is 3.85. The molecule has 0 saturated heterocycles. The summed E-state index contributed by atoms with van der Waals surface area (Å²) in [5.41, 5.74) is 2.40.